The van der Waals surface area contributed by atoms with Gasteiger partial charge in [-0.25, -0.2) is 0 Å². The third-order valence-corrected chi connectivity index (χ3v) is 6.39. The van der Waals surface area contributed by atoms with Crippen molar-refractivity contribution in [3.63, 3.8) is 0 Å². The number of rotatable bonds is 1. The molecule has 2 aliphatic rings. The van der Waals surface area contributed by atoms with Crippen LogP contribution >= 0.6 is 0 Å². The molecule has 3 unspecified atom stereocenters. The van der Waals surface area contributed by atoms with Crippen LogP contribution in [-0.4, -0.2) is 54.6 Å². The minimum absolute atomic E-state index is 0.00985. The highest BCUT2D eigenvalue weighted by molar-refractivity contribution is 6.33. The summed E-state index contributed by atoms with van der Waals surface area (Å²) in [4.78, 5) is 38.2. The standard InChI is InChI=1S/C22H20O8/c1-7-4-5-10-8(2)11-6-12-17(25)19(27)13(9(3)23)20(28)22(12,30)21(29)15(11)18(26)14(10)16(7)24/h4-5,12,17,24-27,30H,6H2,1-3H3. The third kappa shape index (κ3) is 2.20. The highest BCUT2D eigenvalue weighted by Gasteiger charge is 2.62. The summed E-state index contributed by atoms with van der Waals surface area (Å²) in [5.74, 6) is -6.56. The normalized spacial score (nSPS) is 26.0. The van der Waals surface area contributed by atoms with Crippen molar-refractivity contribution in [3.05, 3.63) is 45.7 Å². The van der Waals surface area contributed by atoms with Gasteiger partial charge in [0.15, 0.2) is 11.4 Å². The highest BCUT2D eigenvalue weighted by Crippen LogP contribution is 2.49. The van der Waals surface area contributed by atoms with Crippen LogP contribution in [0, 0.1) is 19.8 Å². The predicted octanol–water partition coefficient (Wildman–Crippen LogP) is 1.30. The average molecular weight is 412 g/mol. The molecule has 0 radical (unpaired) electrons. The Morgan fingerprint density at radius 3 is 2.30 bits per heavy atom. The summed E-state index contributed by atoms with van der Waals surface area (Å²) in [5.41, 5.74) is -2.76. The molecule has 0 amide bonds. The first kappa shape index (κ1) is 20.1. The van der Waals surface area contributed by atoms with Gasteiger partial charge in [0.1, 0.15) is 28.9 Å². The quantitative estimate of drug-likeness (QED) is 0.347. The van der Waals surface area contributed by atoms with Gasteiger partial charge in [-0.05, 0) is 49.3 Å². The number of aromatic hydroxyl groups is 2. The van der Waals surface area contributed by atoms with Gasteiger partial charge in [-0.2, -0.15) is 0 Å². The monoisotopic (exact) mass is 412 g/mol. The maximum Gasteiger partial charge on any atom is 0.209 e. The largest absolute Gasteiger partial charge is 0.509 e. The molecule has 156 valence electrons. The van der Waals surface area contributed by atoms with Crippen molar-refractivity contribution in [3.8, 4) is 11.5 Å². The molecule has 0 fully saturated rings. The number of benzene rings is 2. The van der Waals surface area contributed by atoms with Gasteiger partial charge in [-0.15, -0.1) is 0 Å². The average Bonchev–Trinajstić information content (AvgIpc) is 2.68. The van der Waals surface area contributed by atoms with E-state index in [2.05, 4.69) is 0 Å². The number of aryl methyl sites for hydroxylation is 2. The first-order valence-corrected chi connectivity index (χ1v) is 9.35. The lowest BCUT2D eigenvalue weighted by atomic mass is 9.61. The van der Waals surface area contributed by atoms with Crippen molar-refractivity contribution in [1.82, 2.24) is 0 Å². The number of hydrogen-bond donors (Lipinski definition) is 5. The molecule has 0 heterocycles. The molecule has 0 aromatic heterocycles. The molecule has 2 aromatic rings. The second-order valence-corrected chi connectivity index (χ2v) is 7.98. The van der Waals surface area contributed by atoms with Crippen LogP contribution in [-0.2, 0) is 16.0 Å². The number of ketones is 3. The van der Waals surface area contributed by atoms with E-state index < -0.39 is 52.1 Å². The molecule has 2 aliphatic carbocycles. The van der Waals surface area contributed by atoms with E-state index in [4.69, 9.17) is 0 Å². The van der Waals surface area contributed by atoms with E-state index in [0.717, 1.165) is 6.92 Å². The van der Waals surface area contributed by atoms with E-state index in [1.165, 1.54) is 0 Å². The first-order valence-electron chi connectivity index (χ1n) is 9.35. The van der Waals surface area contributed by atoms with Crippen molar-refractivity contribution in [2.24, 2.45) is 5.92 Å². The van der Waals surface area contributed by atoms with Crippen molar-refractivity contribution < 1.29 is 39.9 Å². The van der Waals surface area contributed by atoms with Gasteiger partial charge in [0.25, 0.3) is 0 Å². The first-order chi connectivity index (χ1) is 13.9. The minimum atomic E-state index is -2.84. The lowest BCUT2D eigenvalue weighted by molar-refractivity contribution is -0.143. The molecule has 3 atom stereocenters. The Bertz CT molecular complexity index is 1220. The Morgan fingerprint density at radius 1 is 1.07 bits per heavy atom. The lowest BCUT2D eigenvalue weighted by Crippen LogP contribution is -2.63. The van der Waals surface area contributed by atoms with Gasteiger partial charge >= 0.3 is 0 Å². The van der Waals surface area contributed by atoms with Crippen LogP contribution in [0.4, 0.5) is 0 Å². The minimum Gasteiger partial charge on any atom is -0.509 e. The Balaban J connectivity index is 2.07. The summed E-state index contributed by atoms with van der Waals surface area (Å²) in [6.07, 6.45) is -2.05. The number of fused-ring (bicyclic) bond motifs is 3. The molecule has 8 heteroatoms. The molecule has 0 aliphatic heterocycles. The molecule has 8 nitrogen and oxygen atoms in total. The van der Waals surface area contributed by atoms with Crippen molar-refractivity contribution in [2.45, 2.75) is 38.9 Å². The van der Waals surface area contributed by atoms with Crippen molar-refractivity contribution in [1.29, 1.82) is 0 Å². The number of Topliss-reactive ketones (excluding diaryl/α,β-unsaturated/α-hetero) is 3. The van der Waals surface area contributed by atoms with Crippen LogP contribution in [0.25, 0.3) is 10.8 Å². The zero-order valence-electron chi connectivity index (χ0n) is 16.5. The second kappa shape index (κ2) is 6.13. The van der Waals surface area contributed by atoms with E-state index in [0.29, 0.717) is 16.5 Å². The zero-order valence-corrected chi connectivity index (χ0v) is 16.5. The van der Waals surface area contributed by atoms with Crippen LogP contribution in [0.15, 0.2) is 23.5 Å². The van der Waals surface area contributed by atoms with Gasteiger partial charge < -0.3 is 25.5 Å². The SMILES string of the molecule is CC(=O)C1=C(O)C(O)C2Cc3c(c(O)c4c(O)c(C)ccc4c3C)C(=O)C2(O)C1=O. The number of phenolic OH excluding ortho intramolecular Hbond substituents is 2. The Hall–Kier alpha value is -3.23. The maximum absolute atomic E-state index is 13.4. The van der Waals surface area contributed by atoms with Crippen LogP contribution in [0.1, 0.15) is 34.0 Å². The number of aliphatic hydroxyl groups is 3. The molecule has 5 N–H and O–H groups in total. The van der Waals surface area contributed by atoms with Crippen LogP contribution < -0.4 is 0 Å². The van der Waals surface area contributed by atoms with Crippen molar-refractivity contribution in [2.75, 3.05) is 0 Å². The van der Waals surface area contributed by atoms with E-state index in [9.17, 15) is 39.9 Å². The number of carbonyl (C=O) groups is 3. The lowest BCUT2D eigenvalue weighted by Gasteiger charge is -2.44. The molecule has 0 saturated carbocycles. The van der Waals surface area contributed by atoms with Gasteiger partial charge in [0, 0.05) is 5.92 Å². The Kier molecular flexibility index (Phi) is 4.10. The molecule has 0 saturated heterocycles. The topological polar surface area (TPSA) is 152 Å². The fourth-order valence-electron chi connectivity index (χ4n) is 4.69. The number of hydrogen-bond acceptors (Lipinski definition) is 8. The summed E-state index contributed by atoms with van der Waals surface area (Å²) in [6.45, 7) is 4.24. The summed E-state index contributed by atoms with van der Waals surface area (Å²) in [5, 5.41) is 53.7. The van der Waals surface area contributed by atoms with Crippen LogP contribution in [0.3, 0.4) is 0 Å². The van der Waals surface area contributed by atoms with Crippen LogP contribution in [0.2, 0.25) is 0 Å². The van der Waals surface area contributed by atoms with Gasteiger partial charge in [-0.1, -0.05) is 12.1 Å². The second-order valence-electron chi connectivity index (χ2n) is 7.98. The van der Waals surface area contributed by atoms with Gasteiger partial charge in [-0.3, -0.25) is 14.4 Å². The molecule has 30 heavy (non-hydrogen) atoms. The Morgan fingerprint density at radius 2 is 1.70 bits per heavy atom. The van der Waals surface area contributed by atoms with E-state index in [-0.39, 0.29) is 28.7 Å². The zero-order chi connectivity index (χ0) is 22.3. The molecule has 0 bridgehead atoms. The summed E-state index contributed by atoms with van der Waals surface area (Å²) < 4.78 is 0. The fourth-order valence-corrected chi connectivity index (χ4v) is 4.69. The predicted molar refractivity (Wildman–Crippen MR) is 105 cm³/mol. The molecule has 4 rings (SSSR count). The molecular weight excluding hydrogens is 392 g/mol. The van der Waals surface area contributed by atoms with Crippen LogP contribution in [0.5, 0.6) is 11.5 Å². The summed E-state index contributed by atoms with van der Waals surface area (Å²) in [6, 6.07) is 3.31. The molecular formula is C22H20O8. The molecule has 0 spiro atoms. The molecule has 2 aromatic carbocycles. The number of aliphatic hydroxyl groups excluding tert-OH is 2. The van der Waals surface area contributed by atoms with E-state index >= 15 is 0 Å². The van der Waals surface area contributed by atoms with Gasteiger partial charge in [0.05, 0.1) is 10.9 Å². The smallest absolute Gasteiger partial charge is 0.209 e. The number of carbonyl (C=O) groups excluding carboxylic acids is 3. The van der Waals surface area contributed by atoms with E-state index in [1.54, 1.807) is 26.0 Å². The number of phenols is 2. The summed E-state index contributed by atoms with van der Waals surface area (Å²) in [7, 11) is 0. The van der Waals surface area contributed by atoms with Gasteiger partial charge in [0.2, 0.25) is 11.6 Å². The van der Waals surface area contributed by atoms with Crippen molar-refractivity contribution >= 4 is 28.1 Å². The van der Waals surface area contributed by atoms with E-state index in [1.807, 2.05) is 0 Å². The Labute approximate surface area is 170 Å². The fraction of sp³-hybridized carbons (Fsp3) is 0.318. The highest BCUT2D eigenvalue weighted by atomic mass is 16.3. The maximum atomic E-state index is 13.4. The third-order valence-electron chi connectivity index (χ3n) is 6.39. The summed E-state index contributed by atoms with van der Waals surface area (Å²) >= 11 is 0.